The van der Waals surface area contributed by atoms with Crippen molar-refractivity contribution < 1.29 is 14.4 Å². The van der Waals surface area contributed by atoms with Crippen LogP contribution in [-0.2, 0) is 14.4 Å². The fourth-order valence-electron chi connectivity index (χ4n) is 3.12. The summed E-state index contributed by atoms with van der Waals surface area (Å²) in [5, 5.41) is 13.8. The number of nitrogens with two attached hydrogens (primary N) is 1. The van der Waals surface area contributed by atoms with Gasteiger partial charge in [-0.1, -0.05) is 17.7 Å². The normalized spacial score (nSPS) is 21.2. The van der Waals surface area contributed by atoms with Crippen LogP contribution in [0, 0.1) is 11.3 Å². The molecule has 3 rings (SSSR count). The van der Waals surface area contributed by atoms with Gasteiger partial charge in [-0.3, -0.25) is 19.8 Å². The van der Waals surface area contributed by atoms with Crippen LogP contribution < -0.4 is 16.4 Å². The quantitative estimate of drug-likeness (QED) is 0.341. The van der Waals surface area contributed by atoms with Gasteiger partial charge in [0.25, 0.3) is 5.91 Å². The molecule has 2 aliphatic rings. The van der Waals surface area contributed by atoms with Crippen molar-refractivity contribution in [1.82, 2.24) is 10.2 Å². The van der Waals surface area contributed by atoms with Crippen molar-refractivity contribution in [2.45, 2.75) is 23.2 Å². The topological polar surface area (TPSA) is 128 Å². The minimum Gasteiger partial charge on any atom is -0.376 e. The van der Waals surface area contributed by atoms with E-state index in [1.165, 1.54) is 23.1 Å². The van der Waals surface area contributed by atoms with Gasteiger partial charge in [0.2, 0.25) is 11.8 Å². The molecule has 1 saturated carbocycles. The van der Waals surface area contributed by atoms with E-state index in [1.807, 2.05) is 0 Å². The molecule has 0 spiro atoms. The van der Waals surface area contributed by atoms with Crippen LogP contribution in [0.4, 0.5) is 5.69 Å². The van der Waals surface area contributed by atoms with E-state index in [-0.39, 0.29) is 29.8 Å². The van der Waals surface area contributed by atoms with Crippen LogP contribution in [-0.4, -0.2) is 51.8 Å². The van der Waals surface area contributed by atoms with Crippen molar-refractivity contribution in [3.63, 3.8) is 0 Å². The van der Waals surface area contributed by atoms with Crippen molar-refractivity contribution >= 4 is 63.9 Å². The third-order valence-electron chi connectivity index (χ3n) is 4.96. The number of hydrogen-bond donors (Lipinski definition) is 4. The van der Waals surface area contributed by atoms with E-state index in [0.717, 1.165) is 0 Å². The Hall–Kier alpha value is -2.29. The highest BCUT2D eigenvalue weighted by Gasteiger charge is 2.51. The van der Waals surface area contributed by atoms with E-state index >= 15 is 0 Å². The fourth-order valence-corrected chi connectivity index (χ4v) is 3.82. The zero-order chi connectivity index (χ0) is 22.1. The summed E-state index contributed by atoms with van der Waals surface area (Å²) in [6, 6.07) is 3.81. The molecule has 1 aliphatic carbocycles. The first-order chi connectivity index (χ1) is 14.1. The maximum atomic E-state index is 12.7. The molecule has 5 N–H and O–H groups in total. The van der Waals surface area contributed by atoms with Gasteiger partial charge in [0, 0.05) is 34.9 Å². The third-order valence-corrected chi connectivity index (χ3v) is 6.12. The van der Waals surface area contributed by atoms with Crippen LogP contribution in [0.5, 0.6) is 0 Å². The molecule has 1 aliphatic heterocycles. The van der Waals surface area contributed by atoms with E-state index in [1.54, 1.807) is 12.3 Å². The molecule has 8 nitrogen and oxygen atoms in total. The standard InChI is InChI=1S/C19H20Cl3N5O3/c20-11-3-4-12(16(23)17(24)29)13(6-11)25-9-15(28)27-5-1-2-14(27)18(30)26-8-10-7-19(10,21)22/h1,3-6,10,14,23,25H,2,7-9H2,(H2,24,29)(H,26,30)/t10-,14+/m1/s1. The molecule has 11 heteroatoms. The summed E-state index contributed by atoms with van der Waals surface area (Å²) >= 11 is 17.9. The molecule has 0 aromatic heterocycles. The molecule has 160 valence electrons. The van der Waals surface area contributed by atoms with Gasteiger partial charge in [0.05, 0.1) is 6.54 Å². The van der Waals surface area contributed by atoms with Gasteiger partial charge in [0.15, 0.2) is 0 Å². The molecular formula is C19H20Cl3N5O3. The Kier molecular flexibility index (Phi) is 6.59. The number of rotatable bonds is 8. The largest absolute Gasteiger partial charge is 0.376 e. The molecule has 1 heterocycles. The number of benzene rings is 1. The summed E-state index contributed by atoms with van der Waals surface area (Å²) in [6.07, 6.45) is 4.31. The molecule has 0 saturated heterocycles. The van der Waals surface area contributed by atoms with Crippen LogP contribution in [0.1, 0.15) is 18.4 Å². The Morgan fingerprint density at radius 2 is 2.00 bits per heavy atom. The van der Waals surface area contributed by atoms with E-state index < -0.39 is 22.0 Å². The molecule has 30 heavy (non-hydrogen) atoms. The maximum Gasteiger partial charge on any atom is 0.267 e. The molecule has 1 aromatic carbocycles. The van der Waals surface area contributed by atoms with Crippen molar-refractivity contribution in [3.05, 3.63) is 41.1 Å². The van der Waals surface area contributed by atoms with Crippen LogP contribution in [0.15, 0.2) is 30.5 Å². The number of alkyl halides is 2. The van der Waals surface area contributed by atoms with Gasteiger partial charge in [-0.15, -0.1) is 23.2 Å². The summed E-state index contributed by atoms with van der Waals surface area (Å²) < 4.78 is -0.784. The number of primary amides is 1. The lowest BCUT2D eigenvalue weighted by atomic mass is 10.1. The van der Waals surface area contributed by atoms with Crippen molar-refractivity contribution in [2.75, 3.05) is 18.4 Å². The molecule has 1 fully saturated rings. The molecule has 3 amide bonds. The lowest BCUT2D eigenvalue weighted by molar-refractivity contribution is -0.135. The van der Waals surface area contributed by atoms with E-state index in [0.29, 0.717) is 30.1 Å². The number of anilines is 1. The van der Waals surface area contributed by atoms with Gasteiger partial charge in [0.1, 0.15) is 16.1 Å². The number of carbonyl (C=O) groups excluding carboxylic acids is 3. The Balaban J connectivity index is 1.61. The van der Waals surface area contributed by atoms with Crippen molar-refractivity contribution in [1.29, 1.82) is 5.41 Å². The van der Waals surface area contributed by atoms with Crippen LogP contribution in [0.3, 0.4) is 0 Å². The van der Waals surface area contributed by atoms with Gasteiger partial charge < -0.3 is 21.3 Å². The maximum absolute atomic E-state index is 12.7. The zero-order valence-electron chi connectivity index (χ0n) is 15.8. The molecular weight excluding hydrogens is 453 g/mol. The van der Waals surface area contributed by atoms with Gasteiger partial charge in [-0.2, -0.15) is 0 Å². The summed E-state index contributed by atoms with van der Waals surface area (Å²) in [5.41, 5.74) is 5.32. The van der Waals surface area contributed by atoms with Crippen LogP contribution in [0.25, 0.3) is 0 Å². The highest BCUT2D eigenvalue weighted by atomic mass is 35.5. The number of amides is 3. The van der Waals surface area contributed by atoms with Gasteiger partial charge in [-0.05, 0) is 31.0 Å². The molecule has 0 bridgehead atoms. The highest BCUT2D eigenvalue weighted by molar-refractivity contribution is 6.50. The number of nitrogens with zero attached hydrogens (tertiary/aromatic N) is 1. The summed E-state index contributed by atoms with van der Waals surface area (Å²) in [5.74, 6) is -1.55. The van der Waals surface area contributed by atoms with Crippen molar-refractivity contribution in [3.8, 4) is 0 Å². The van der Waals surface area contributed by atoms with Crippen molar-refractivity contribution in [2.24, 2.45) is 11.7 Å². The minimum atomic E-state index is -0.903. The lowest BCUT2D eigenvalue weighted by Gasteiger charge is -2.24. The Bertz CT molecular complexity index is 934. The Labute approximate surface area is 188 Å². The highest BCUT2D eigenvalue weighted by Crippen LogP contribution is 2.52. The van der Waals surface area contributed by atoms with Crippen LogP contribution >= 0.6 is 34.8 Å². The minimum absolute atomic E-state index is 0.00628. The predicted molar refractivity (Wildman–Crippen MR) is 116 cm³/mol. The van der Waals surface area contributed by atoms with Gasteiger partial charge >= 0.3 is 0 Å². The molecule has 1 aromatic rings. The molecule has 0 unspecified atom stereocenters. The second kappa shape index (κ2) is 8.83. The number of hydrogen-bond acceptors (Lipinski definition) is 5. The van der Waals surface area contributed by atoms with E-state index in [4.69, 9.17) is 45.9 Å². The second-order valence-corrected chi connectivity index (χ2v) is 9.11. The monoisotopic (exact) mass is 471 g/mol. The molecule has 2 atom stereocenters. The lowest BCUT2D eigenvalue weighted by Crippen LogP contribution is -2.47. The van der Waals surface area contributed by atoms with Crippen LogP contribution in [0.2, 0.25) is 5.02 Å². The Morgan fingerprint density at radius 3 is 2.63 bits per heavy atom. The smallest absolute Gasteiger partial charge is 0.267 e. The zero-order valence-corrected chi connectivity index (χ0v) is 18.0. The number of nitrogens with one attached hydrogen (secondary N) is 3. The number of halogens is 3. The predicted octanol–water partition coefficient (Wildman–Crippen LogP) is 2.03. The first-order valence-electron chi connectivity index (χ1n) is 9.15. The first kappa shape index (κ1) is 22.4. The first-order valence-corrected chi connectivity index (χ1v) is 10.3. The third kappa shape index (κ3) is 5.06. The summed E-state index contributed by atoms with van der Waals surface area (Å²) in [6.45, 7) is 0.173. The van der Waals surface area contributed by atoms with Gasteiger partial charge in [-0.25, -0.2) is 0 Å². The second-order valence-electron chi connectivity index (χ2n) is 7.13. The fraction of sp³-hybridized carbons (Fsp3) is 0.368. The van der Waals surface area contributed by atoms with E-state index in [2.05, 4.69) is 10.6 Å². The average Bonchev–Trinajstić information content (AvgIpc) is 3.06. The average molecular weight is 473 g/mol. The molecule has 0 radical (unpaired) electrons. The summed E-state index contributed by atoms with van der Waals surface area (Å²) in [7, 11) is 0. The Morgan fingerprint density at radius 1 is 1.30 bits per heavy atom. The summed E-state index contributed by atoms with van der Waals surface area (Å²) in [4.78, 5) is 37.9. The van der Waals surface area contributed by atoms with E-state index in [9.17, 15) is 14.4 Å². The number of carbonyl (C=O) groups is 3. The SMILES string of the molecule is N=C(C(N)=O)c1ccc(Cl)cc1NCC(=O)N1C=CC[C@H]1C(=O)NC[C@H]1CC1(Cl)Cl.